The summed E-state index contributed by atoms with van der Waals surface area (Å²) < 4.78 is 35.7. The van der Waals surface area contributed by atoms with Crippen LogP contribution in [0.3, 0.4) is 0 Å². The molecule has 1 aromatic carbocycles. The molecule has 1 heterocycles. The van der Waals surface area contributed by atoms with E-state index in [4.69, 9.17) is 16.6 Å². The first-order chi connectivity index (χ1) is 11.5. The molecule has 0 aliphatic carbocycles. The van der Waals surface area contributed by atoms with Gasteiger partial charge in [-0.05, 0) is 31.9 Å². The van der Waals surface area contributed by atoms with E-state index in [0.717, 1.165) is 12.1 Å². The minimum Gasteiger partial charge on any atom is -0.539 e. The van der Waals surface area contributed by atoms with Crippen LogP contribution in [-0.4, -0.2) is 38.2 Å². The van der Waals surface area contributed by atoms with Gasteiger partial charge in [0.25, 0.3) is 0 Å². The number of nitrogens with zero attached hydrogens (tertiary/aromatic N) is 3. The standard InChI is InChI=1S/C12H8F2NO.C4H10NO.CN.Ir/c1-16-9-4-5-15-12(7-9)10-3-2-8(13)6-11(10)14;1-5(2)4-6-3;1-2;/h2,4-7H,1H3;4H,1-3H3;;/q3*-1;+3. The van der Waals surface area contributed by atoms with E-state index in [1.165, 1.54) is 13.3 Å². The largest absolute Gasteiger partial charge is 3.00 e. The molecule has 1 aromatic heterocycles. The predicted octanol–water partition coefficient (Wildman–Crippen LogP) is 3.24. The fourth-order valence-corrected chi connectivity index (χ4v) is 1.53. The van der Waals surface area contributed by atoms with Crippen LogP contribution < -0.4 is 4.74 Å². The fourth-order valence-electron chi connectivity index (χ4n) is 1.53. The van der Waals surface area contributed by atoms with Gasteiger partial charge in [0.1, 0.15) is 5.75 Å². The van der Waals surface area contributed by atoms with E-state index in [2.05, 4.69) is 15.8 Å². The predicted molar refractivity (Wildman–Crippen MR) is 84.9 cm³/mol. The van der Waals surface area contributed by atoms with Crippen LogP contribution in [0, 0.1) is 36.3 Å². The molecule has 0 spiro atoms. The first-order valence-electron chi connectivity index (χ1n) is 6.60. The van der Waals surface area contributed by atoms with Gasteiger partial charge in [0.15, 0.2) is 0 Å². The SMILES string of the molecule is CO[CH-]N(C)C.COc1ccnc(-c2[c-]cc(F)cc2F)c1.[C-]#N.[Ir+3]. The van der Waals surface area contributed by atoms with Crippen LogP contribution in [0.25, 0.3) is 11.3 Å². The van der Waals surface area contributed by atoms with Crippen LogP contribution in [0.2, 0.25) is 0 Å². The quantitative estimate of drug-likeness (QED) is 0.573. The van der Waals surface area contributed by atoms with Crippen molar-refractivity contribution in [2.24, 2.45) is 0 Å². The first kappa shape index (κ1) is 25.3. The maximum atomic E-state index is 13.4. The Balaban J connectivity index is 0. The third-order valence-electron chi connectivity index (χ3n) is 2.40. The summed E-state index contributed by atoms with van der Waals surface area (Å²) in [6, 6.07) is 7.58. The molecular weight excluding hydrogens is 508 g/mol. The van der Waals surface area contributed by atoms with Crippen molar-refractivity contribution in [2.45, 2.75) is 0 Å². The van der Waals surface area contributed by atoms with Crippen molar-refractivity contribution in [1.29, 1.82) is 5.26 Å². The van der Waals surface area contributed by atoms with E-state index in [0.29, 0.717) is 11.4 Å². The summed E-state index contributed by atoms with van der Waals surface area (Å²) in [6.45, 7) is 6.38. The van der Waals surface area contributed by atoms with Gasteiger partial charge in [-0.2, -0.15) is 6.73 Å². The molecule has 0 aliphatic heterocycles. The van der Waals surface area contributed by atoms with Crippen LogP contribution in [0.1, 0.15) is 0 Å². The number of hydrogen-bond acceptors (Lipinski definition) is 5. The molecule has 2 rings (SSSR count). The topological polar surface area (TPSA) is 58.4 Å². The van der Waals surface area contributed by atoms with Crippen LogP contribution in [0.5, 0.6) is 5.75 Å². The molecule has 0 atom stereocenters. The molecule has 0 radical (unpaired) electrons. The second-order valence-corrected chi connectivity index (χ2v) is 4.43. The number of hydrogen-bond donors (Lipinski definition) is 0. The number of aromatic nitrogens is 1. The van der Waals surface area contributed by atoms with Crippen LogP contribution in [0.15, 0.2) is 30.5 Å². The Labute approximate surface area is 160 Å². The molecule has 0 unspecified atom stereocenters. The number of benzene rings is 1. The molecule has 136 valence electrons. The second-order valence-electron chi connectivity index (χ2n) is 4.43. The smallest absolute Gasteiger partial charge is 0.539 e. The third kappa shape index (κ3) is 9.85. The zero-order chi connectivity index (χ0) is 18.5. The molecule has 2 aromatic rings. The third-order valence-corrected chi connectivity index (χ3v) is 2.40. The van der Waals surface area contributed by atoms with E-state index < -0.39 is 11.6 Å². The van der Waals surface area contributed by atoms with Crippen molar-refractivity contribution in [2.75, 3.05) is 28.3 Å². The molecule has 5 nitrogen and oxygen atoms in total. The molecule has 0 saturated heterocycles. The van der Waals surface area contributed by atoms with Crippen LogP contribution in [-0.2, 0) is 24.8 Å². The maximum absolute atomic E-state index is 13.4. The number of halogens is 2. The van der Waals surface area contributed by atoms with Crippen LogP contribution in [0.4, 0.5) is 8.78 Å². The fraction of sp³-hybridized carbons (Fsp3) is 0.235. The van der Waals surface area contributed by atoms with Gasteiger partial charge < -0.3 is 31.2 Å². The Bertz CT molecular complexity index is 640. The van der Waals surface area contributed by atoms with Crippen molar-refractivity contribution in [1.82, 2.24) is 9.88 Å². The molecule has 0 fully saturated rings. The van der Waals surface area contributed by atoms with Gasteiger partial charge in [-0.15, -0.1) is 12.1 Å². The number of ether oxygens (including phenoxy) is 2. The Morgan fingerprint density at radius 3 is 2.32 bits per heavy atom. The van der Waals surface area contributed by atoms with E-state index in [1.54, 1.807) is 26.0 Å². The average Bonchev–Trinajstić information content (AvgIpc) is 2.57. The minimum atomic E-state index is -0.694. The second kappa shape index (κ2) is 14.4. The van der Waals surface area contributed by atoms with Crippen LogP contribution >= 0.6 is 0 Å². The molecule has 0 N–H and O–H groups in total. The Morgan fingerprint density at radius 2 is 1.88 bits per heavy atom. The minimum absolute atomic E-state index is 0. The summed E-state index contributed by atoms with van der Waals surface area (Å²) in [4.78, 5) is 5.81. The van der Waals surface area contributed by atoms with Gasteiger partial charge in [0, 0.05) is 24.9 Å². The van der Waals surface area contributed by atoms with E-state index in [1.807, 2.05) is 19.0 Å². The van der Waals surface area contributed by atoms with Gasteiger partial charge in [0.2, 0.25) is 0 Å². The van der Waals surface area contributed by atoms with Crippen molar-refractivity contribution in [3.63, 3.8) is 0 Å². The van der Waals surface area contributed by atoms with Gasteiger partial charge >= 0.3 is 20.1 Å². The summed E-state index contributed by atoms with van der Waals surface area (Å²) in [5, 5.41) is 6.25. The van der Waals surface area contributed by atoms with E-state index >= 15 is 0 Å². The molecule has 8 heteroatoms. The summed E-state index contributed by atoms with van der Waals surface area (Å²) in [5.41, 5.74) is 0.483. The van der Waals surface area contributed by atoms with Gasteiger partial charge in [-0.25, -0.2) is 0 Å². The molecule has 0 saturated carbocycles. The molecule has 0 aliphatic rings. The molecular formula is C17H18F2IrN3O2. The first-order valence-corrected chi connectivity index (χ1v) is 6.60. The zero-order valence-corrected chi connectivity index (χ0v) is 16.6. The van der Waals surface area contributed by atoms with E-state index in [-0.39, 0.29) is 25.7 Å². The van der Waals surface area contributed by atoms with Crippen molar-refractivity contribution in [3.05, 3.63) is 61.5 Å². The summed E-state index contributed by atoms with van der Waals surface area (Å²) in [6.07, 6.45) is 1.49. The summed E-state index contributed by atoms with van der Waals surface area (Å²) in [5.74, 6) is -0.799. The Kier molecular flexibility index (Phi) is 14.6. The molecule has 0 amide bonds. The average molecular weight is 527 g/mol. The Hall–Kier alpha value is -1.91. The molecule has 0 bridgehead atoms. The van der Waals surface area contributed by atoms with Gasteiger partial charge in [-0.1, -0.05) is 11.6 Å². The van der Waals surface area contributed by atoms with Gasteiger partial charge in [0.05, 0.1) is 7.11 Å². The molecule has 25 heavy (non-hydrogen) atoms. The Morgan fingerprint density at radius 1 is 1.24 bits per heavy atom. The monoisotopic (exact) mass is 527 g/mol. The summed E-state index contributed by atoms with van der Waals surface area (Å²) in [7, 11) is 6.94. The van der Waals surface area contributed by atoms with Crippen molar-refractivity contribution in [3.8, 4) is 17.0 Å². The number of rotatable bonds is 4. The number of methoxy groups -OCH3 is 2. The maximum Gasteiger partial charge on any atom is 3.00 e. The van der Waals surface area contributed by atoms with Crippen molar-refractivity contribution < 1.29 is 38.4 Å². The normalized spacial score (nSPS) is 9.00. The van der Waals surface area contributed by atoms with E-state index in [9.17, 15) is 8.78 Å². The number of pyridine rings is 1. The van der Waals surface area contributed by atoms with Gasteiger partial charge in [-0.3, -0.25) is 8.78 Å². The summed E-state index contributed by atoms with van der Waals surface area (Å²) >= 11 is 0. The van der Waals surface area contributed by atoms with Crippen molar-refractivity contribution >= 4 is 0 Å². The zero-order valence-electron chi connectivity index (χ0n) is 14.2.